The molecule has 636 valence electrons. The molecule has 17 aromatic carbocycles. The smallest absolute Gasteiger partial charge is 0.238 e. The maximum absolute atomic E-state index is 5.20. The molecule has 0 unspecified atom stereocenters. The van der Waals surface area contributed by atoms with Crippen LogP contribution in [0.5, 0.6) is 0 Å². The van der Waals surface area contributed by atoms with Crippen molar-refractivity contribution in [2.45, 2.75) is 5.41 Å². The normalized spacial score (nSPS) is 12.9. The molecule has 0 saturated carbocycles. The first-order valence-corrected chi connectivity index (χ1v) is 51.6. The topological polar surface area (TPSA) is 92.1 Å². The fraction of sp³-hybridized carbons (Fsp3) is 0.00826. The Hall–Kier alpha value is -15.9. The van der Waals surface area contributed by atoms with Gasteiger partial charge in [0, 0.05) is 186 Å². The van der Waals surface area contributed by atoms with E-state index in [1.54, 1.807) is 11.3 Å². The van der Waals surface area contributed by atoms with E-state index in [9.17, 15) is 0 Å². The minimum Gasteiger partial charge on any atom is -0.308 e. The average molecular weight is 1870 g/mol. The van der Waals surface area contributed by atoms with E-state index in [1.165, 1.54) is 237 Å². The van der Waals surface area contributed by atoms with Gasteiger partial charge in [0.2, 0.25) is 5.95 Å². The first-order chi connectivity index (χ1) is 68.0. The van der Waals surface area contributed by atoms with E-state index >= 15 is 0 Å². The van der Waals surface area contributed by atoms with Crippen molar-refractivity contribution in [2.75, 3.05) is 0 Å². The second-order valence-electron chi connectivity index (χ2n) is 35.5. The second kappa shape index (κ2) is 29.1. The number of pyridine rings is 3. The Morgan fingerprint density at radius 1 is 0.204 bits per heavy atom. The van der Waals surface area contributed by atoms with Crippen LogP contribution in [0, 0.1) is 0 Å². The number of aromatic nitrogens is 9. The molecule has 0 fully saturated rings. The summed E-state index contributed by atoms with van der Waals surface area (Å²) in [7, 11) is 0. The largest absolute Gasteiger partial charge is 0.308 e. The van der Waals surface area contributed by atoms with Gasteiger partial charge in [-0.15, -0.1) is 79.4 Å². The summed E-state index contributed by atoms with van der Waals surface area (Å²) in [6, 6.07) is 137. The van der Waals surface area contributed by atoms with Gasteiger partial charge in [-0.2, -0.15) is 9.97 Å². The van der Waals surface area contributed by atoms with Gasteiger partial charge in [-0.25, -0.2) is 19.9 Å². The minimum absolute atomic E-state index is 0.401. The van der Waals surface area contributed by atoms with Gasteiger partial charge in [0.05, 0.1) is 52.6 Å². The maximum atomic E-state index is 5.20. The second-order valence-corrected chi connectivity index (χ2v) is 42.8. The van der Waals surface area contributed by atoms with Gasteiger partial charge in [-0.3, -0.25) is 4.57 Å². The molecule has 9 nitrogen and oxygen atoms in total. The van der Waals surface area contributed by atoms with Crippen molar-refractivity contribution >= 4 is 286 Å². The van der Waals surface area contributed by atoms with E-state index in [2.05, 4.69) is 347 Å². The molecule has 14 aromatic heterocycles. The highest BCUT2D eigenvalue weighted by molar-refractivity contribution is 7.32. The molecule has 31 aromatic rings. The monoisotopic (exact) mass is 1870 g/mol. The predicted molar refractivity (Wildman–Crippen MR) is 587 cm³/mol. The Morgan fingerprint density at radius 3 is 0.971 bits per heavy atom. The molecular weight excluding hydrogens is 1800 g/mol. The van der Waals surface area contributed by atoms with Crippen LogP contribution >= 0.6 is 79.4 Å². The minimum atomic E-state index is -0.401. The molecule has 2 aliphatic rings. The van der Waals surface area contributed by atoms with Crippen LogP contribution in [0.2, 0.25) is 0 Å². The molecule has 137 heavy (non-hydrogen) atoms. The van der Waals surface area contributed by atoms with Crippen LogP contribution in [0.25, 0.3) is 269 Å². The molecular formula is C121H65N9S7. The summed E-state index contributed by atoms with van der Waals surface area (Å²) >= 11 is 13.0. The number of nitrogens with zero attached hydrogens (tertiary/aromatic N) is 9. The Labute approximate surface area is 807 Å². The number of thiophene rings is 7. The summed E-state index contributed by atoms with van der Waals surface area (Å²) in [5, 5.41) is 25.8. The summed E-state index contributed by atoms with van der Waals surface area (Å²) in [6.45, 7) is 0. The Morgan fingerprint density at radius 2 is 0.533 bits per heavy atom. The van der Waals surface area contributed by atoms with E-state index < -0.39 is 5.41 Å². The van der Waals surface area contributed by atoms with Crippen LogP contribution in [0.3, 0.4) is 0 Å². The number of hydrogen-bond acceptors (Lipinski definition) is 13. The van der Waals surface area contributed by atoms with Gasteiger partial charge in [0.15, 0.2) is 11.6 Å². The molecule has 0 N–H and O–H groups in total. The molecule has 14 heterocycles. The van der Waals surface area contributed by atoms with Gasteiger partial charge < -0.3 is 9.13 Å². The lowest BCUT2D eigenvalue weighted by Crippen LogP contribution is -2.26. The average Bonchev–Trinajstić information content (AvgIpc) is 1.51. The van der Waals surface area contributed by atoms with Gasteiger partial charge in [0.25, 0.3) is 0 Å². The summed E-state index contributed by atoms with van der Waals surface area (Å²) in [6.07, 6.45) is 5.74. The highest BCUT2D eigenvalue weighted by atomic mass is 32.1. The zero-order valence-corrected chi connectivity index (χ0v) is 78.1. The highest BCUT2D eigenvalue weighted by Gasteiger charge is 2.52. The molecule has 0 radical (unpaired) electrons. The molecule has 33 rings (SSSR count). The zero-order valence-electron chi connectivity index (χ0n) is 72.4. The third-order valence-electron chi connectivity index (χ3n) is 28.6. The standard InChI is InChI=1S/C48H26N2S2.C38H21N5S2.C35H18N2S3/c1-6-18-35-28(12-1)29-13-2-7-19-36(29)48(35)37-20-8-3-14-30(37)31-24-23-27(26-38(31)48)50-39-21-9-4-15-32(39)41-42-33-16-5-10-22-40(33)51-45(42)43-34-17-11-25-49-47(34)52-46(43)44(41)50;1-3-12-22(13-4-1)35-40-36(23-14-5-2-6-15-23)42-38(41-35)43-27-19-9-7-16-24(27)29-30-25-17-8-10-20-28(25)44-33(30)31-26-18-11-21-39-37(26)45-34(31)32(29)43;1-4-12-25-21(9-1)29-30-22-10-3-6-14-27(22)39-33(30)31-23-11-7-17-36-35(23)40-34(31)32(29)37(25)19-15-16-28-24(18-19)20-8-2-5-13-26(20)38-28/h1-26H;1-21H;1-18H. The fourth-order valence-electron chi connectivity index (χ4n) is 23.2. The van der Waals surface area contributed by atoms with Crippen molar-refractivity contribution in [1.82, 2.24) is 43.6 Å². The van der Waals surface area contributed by atoms with Gasteiger partial charge in [-0.05, 0) is 154 Å². The molecule has 1 spiro atoms. The molecule has 0 atom stereocenters. The summed E-state index contributed by atoms with van der Waals surface area (Å²) in [4.78, 5) is 33.1. The van der Waals surface area contributed by atoms with Crippen molar-refractivity contribution in [3.63, 3.8) is 0 Å². The van der Waals surface area contributed by atoms with Crippen molar-refractivity contribution in [1.29, 1.82) is 0 Å². The lowest BCUT2D eigenvalue weighted by molar-refractivity contribution is 0.792. The van der Waals surface area contributed by atoms with Crippen LogP contribution < -0.4 is 0 Å². The Kier molecular flexibility index (Phi) is 16.2. The molecule has 0 amide bonds. The third kappa shape index (κ3) is 10.6. The van der Waals surface area contributed by atoms with Crippen LogP contribution in [-0.2, 0) is 5.41 Å². The van der Waals surface area contributed by atoms with Crippen molar-refractivity contribution in [2.24, 2.45) is 0 Å². The molecule has 0 aliphatic heterocycles. The zero-order chi connectivity index (χ0) is 89.1. The lowest BCUT2D eigenvalue weighted by atomic mass is 9.70. The number of benzene rings is 17. The molecule has 0 bridgehead atoms. The van der Waals surface area contributed by atoms with Gasteiger partial charge in [-0.1, -0.05) is 267 Å². The van der Waals surface area contributed by atoms with E-state index in [1.807, 2.05) is 129 Å². The molecule has 2 aliphatic carbocycles. The number of rotatable bonds is 5. The third-order valence-corrected chi connectivity index (χ3v) is 36.7. The van der Waals surface area contributed by atoms with Crippen molar-refractivity contribution < 1.29 is 0 Å². The first kappa shape index (κ1) is 76.5. The van der Waals surface area contributed by atoms with Crippen molar-refractivity contribution in [3.8, 4) is 62.4 Å². The number of fused-ring (bicyclic) bond motifs is 49. The van der Waals surface area contributed by atoms with Crippen molar-refractivity contribution in [3.05, 3.63) is 417 Å². The highest BCUT2D eigenvalue weighted by Crippen LogP contribution is 2.64. The predicted octanol–water partition coefficient (Wildman–Crippen LogP) is 35.0. The summed E-state index contributed by atoms with van der Waals surface area (Å²) in [5.41, 5.74) is 21.8. The molecule has 16 heteroatoms. The van der Waals surface area contributed by atoms with Crippen LogP contribution in [0.1, 0.15) is 22.3 Å². The van der Waals surface area contributed by atoms with E-state index in [4.69, 9.17) is 29.9 Å². The van der Waals surface area contributed by atoms with Crippen LogP contribution in [-0.4, -0.2) is 43.6 Å². The van der Waals surface area contributed by atoms with E-state index in [0.717, 1.165) is 36.7 Å². The SMILES string of the molecule is c1ccc(-c2nc(-c3ccccc3)nc(-n3c4ccccc4c4c5c6ccccc6sc5c5c6cccnc6sc5c43)n2)cc1.c1ccc2c(c1)-c1ccccc1C21c2ccccc2-c2ccc(-n3c4ccccc4c4c5c6ccccc6sc5c5c6cccnc6sc5c43)cc21.c1ccc2c(c1)sc1ccc(-n3c4ccccc4c4c5c6ccccc6sc5c5c6cccnc6sc5c43)cc12. The van der Waals surface area contributed by atoms with E-state index in [0.29, 0.717) is 17.6 Å². The number of para-hydroxylation sites is 3. The van der Waals surface area contributed by atoms with Crippen LogP contribution in [0.15, 0.2) is 395 Å². The van der Waals surface area contributed by atoms with Gasteiger partial charge >= 0.3 is 0 Å². The first-order valence-electron chi connectivity index (χ1n) is 45.8. The molecule has 0 saturated heterocycles. The lowest BCUT2D eigenvalue weighted by Gasteiger charge is -2.30. The quantitative estimate of drug-likeness (QED) is 0.170. The maximum Gasteiger partial charge on any atom is 0.238 e. The Bertz CT molecular complexity index is 10600. The summed E-state index contributed by atoms with van der Waals surface area (Å²) < 4.78 is 21.8. The van der Waals surface area contributed by atoms with Gasteiger partial charge in [0.1, 0.15) is 14.5 Å². The van der Waals surface area contributed by atoms with E-state index in [-0.39, 0.29) is 0 Å². The fourth-order valence-corrected chi connectivity index (χ4v) is 31.9. The van der Waals surface area contributed by atoms with Crippen LogP contribution in [0.4, 0.5) is 0 Å². The Balaban J connectivity index is 0.0000000963. The number of hydrogen-bond donors (Lipinski definition) is 0. The summed E-state index contributed by atoms with van der Waals surface area (Å²) in [5.74, 6) is 1.88.